The van der Waals surface area contributed by atoms with Crippen molar-refractivity contribution in [2.45, 2.75) is 25.8 Å². The van der Waals surface area contributed by atoms with Crippen LogP contribution in [0.5, 0.6) is 0 Å². The molecule has 0 aliphatic rings. The normalized spacial score (nSPS) is 12.3. The van der Waals surface area contributed by atoms with E-state index in [0.29, 0.717) is 6.42 Å². The predicted octanol–water partition coefficient (Wildman–Crippen LogP) is 1.44. The smallest absolute Gasteiger partial charge is 0.303 e. The number of hydrogen-bond donors (Lipinski definition) is 2. The molecular formula is C13H16N4O2. The molecule has 100 valence electrons. The van der Waals surface area contributed by atoms with E-state index in [-0.39, 0.29) is 12.5 Å². The first kappa shape index (κ1) is 13.2. The molecule has 1 atom stereocenters. The molecule has 0 saturated heterocycles. The number of benzene rings is 1. The Morgan fingerprint density at radius 1 is 1.53 bits per heavy atom. The van der Waals surface area contributed by atoms with Gasteiger partial charge in [-0.3, -0.25) is 4.79 Å². The first-order valence-electron chi connectivity index (χ1n) is 6.03. The fraction of sp³-hybridized carbons (Fsp3) is 0.308. The second kappa shape index (κ2) is 5.62. The third-order valence-electron chi connectivity index (χ3n) is 2.80. The van der Waals surface area contributed by atoms with E-state index >= 15 is 0 Å². The molecular weight excluding hydrogens is 244 g/mol. The van der Waals surface area contributed by atoms with Crippen LogP contribution in [-0.2, 0) is 4.79 Å². The maximum Gasteiger partial charge on any atom is 0.303 e. The third kappa shape index (κ3) is 3.38. The van der Waals surface area contributed by atoms with Crippen molar-refractivity contribution in [1.29, 1.82) is 0 Å². The minimum absolute atomic E-state index is 0.0600. The zero-order valence-corrected chi connectivity index (χ0v) is 10.7. The van der Waals surface area contributed by atoms with E-state index in [9.17, 15) is 4.79 Å². The Bertz CT molecular complexity index is 580. The predicted molar refractivity (Wildman–Crippen MR) is 69.9 cm³/mol. The lowest BCUT2D eigenvalue weighted by atomic mass is 10.0. The van der Waals surface area contributed by atoms with Crippen LogP contribution in [0.3, 0.4) is 0 Å². The summed E-state index contributed by atoms with van der Waals surface area (Å²) in [6.07, 6.45) is 2.14. The lowest BCUT2D eigenvalue weighted by Crippen LogP contribution is -2.13. The minimum atomic E-state index is -0.837. The summed E-state index contributed by atoms with van der Waals surface area (Å²) >= 11 is 0. The Kier molecular flexibility index (Phi) is 3.91. The van der Waals surface area contributed by atoms with Crippen LogP contribution < -0.4 is 5.73 Å². The summed E-state index contributed by atoms with van der Waals surface area (Å²) in [7, 11) is 0. The van der Waals surface area contributed by atoms with Gasteiger partial charge in [-0.05, 0) is 31.0 Å². The minimum Gasteiger partial charge on any atom is -0.481 e. The molecule has 0 aliphatic carbocycles. The number of carboxylic acids is 1. The number of rotatable bonds is 5. The van der Waals surface area contributed by atoms with Crippen molar-refractivity contribution in [3.63, 3.8) is 0 Å². The van der Waals surface area contributed by atoms with Gasteiger partial charge in [0.2, 0.25) is 0 Å². The Hall–Kier alpha value is -2.21. The van der Waals surface area contributed by atoms with Crippen molar-refractivity contribution in [3.05, 3.63) is 41.7 Å². The fourth-order valence-corrected chi connectivity index (χ4v) is 1.79. The number of nitrogens with two attached hydrogens (primary N) is 1. The quantitative estimate of drug-likeness (QED) is 0.848. The molecule has 0 spiro atoms. The molecule has 0 saturated carbocycles. The van der Waals surface area contributed by atoms with Crippen LogP contribution in [0.2, 0.25) is 0 Å². The number of hydrogen-bond acceptors (Lipinski definition) is 4. The average Bonchev–Trinajstić information content (AvgIpc) is 2.83. The molecule has 6 nitrogen and oxygen atoms in total. The summed E-state index contributed by atoms with van der Waals surface area (Å²) in [5, 5.41) is 17.0. The topological polar surface area (TPSA) is 94.0 Å². The van der Waals surface area contributed by atoms with Crippen molar-refractivity contribution >= 4 is 5.97 Å². The molecule has 0 radical (unpaired) electrons. The molecule has 2 aromatic rings. The van der Waals surface area contributed by atoms with Gasteiger partial charge in [0, 0.05) is 12.5 Å². The Morgan fingerprint density at radius 3 is 2.95 bits per heavy atom. The van der Waals surface area contributed by atoms with Crippen molar-refractivity contribution in [2.24, 2.45) is 5.73 Å². The molecule has 1 heterocycles. The first-order chi connectivity index (χ1) is 9.06. The van der Waals surface area contributed by atoms with E-state index in [1.165, 1.54) is 4.80 Å². The molecule has 0 aliphatic heterocycles. The maximum absolute atomic E-state index is 10.5. The molecule has 1 aromatic carbocycles. The first-order valence-corrected chi connectivity index (χ1v) is 6.03. The van der Waals surface area contributed by atoms with Crippen LogP contribution in [0, 0.1) is 6.92 Å². The highest BCUT2D eigenvalue weighted by Gasteiger charge is 2.10. The zero-order valence-electron chi connectivity index (χ0n) is 10.7. The van der Waals surface area contributed by atoms with Gasteiger partial charge in [0.25, 0.3) is 0 Å². The summed E-state index contributed by atoms with van der Waals surface area (Å²) in [6.45, 7) is 1.87. The summed E-state index contributed by atoms with van der Waals surface area (Å²) in [5.41, 5.74) is 8.52. The van der Waals surface area contributed by atoms with Gasteiger partial charge in [-0.2, -0.15) is 15.0 Å². The van der Waals surface area contributed by atoms with Gasteiger partial charge < -0.3 is 10.8 Å². The maximum atomic E-state index is 10.5. The van der Waals surface area contributed by atoms with Crippen LogP contribution in [-0.4, -0.2) is 26.1 Å². The third-order valence-corrected chi connectivity index (χ3v) is 2.80. The van der Waals surface area contributed by atoms with Gasteiger partial charge in [0.15, 0.2) is 0 Å². The Balaban J connectivity index is 2.17. The highest BCUT2D eigenvalue weighted by molar-refractivity contribution is 5.66. The van der Waals surface area contributed by atoms with Crippen molar-refractivity contribution in [2.75, 3.05) is 0 Å². The van der Waals surface area contributed by atoms with Crippen LogP contribution in [0.15, 0.2) is 30.5 Å². The summed E-state index contributed by atoms with van der Waals surface area (Å²) in [6, 6.07) is 7.21. The van der Waals surface area contributed by atoms with E-state index in [1.807, 2.05) is 31.2 Å². The van der Waals surface area contributed by atoms with Gasteiger partial charge in [-0.1, -0.05) is 12.1 Å². The highest BCUT2D eigenvalue weighted by atomic mass is 16.4. The molecule has 0 amide bonds. The second-order valence-electron chi connectivity index (χ2n) is 4.41. The van der Waals surface area contributed by atoms with E-state index < -0.39 is 5.97 Å². The monoisotopic (exact) mass is 260 g/mol. The molecule has 2 rings (SSSR count). The number of nitrogens with zero attached hydrogens (tertiary/aromatic N) is 3. The molecule has 3 N–H and O–H groups in total. The fourth-order valence-electron chi connectivity index (χ4n) is 1.79. The molecule has 1 unspecified atom stereocenters. The van der Waals surface area contributed by atoms with Crippen LogP contribution in [0.1, 0.15) is 30.1 Å². The average molecular weight is 260 g/mol. The van der Waals surface area contributed by atoms with E-state index in [1.54, 1.807) is 6.20 Å². The molecule has 0 fully saturated rings. The van der Waals surface area contributed by atoms with Gasteiger partial charge in [0.1, 0.15) is 0 Å². The van der Waals surface area contributed by atoms with E-state index in [0.717, 1.165) is 16.9 Å². The van der Waals surface area contributed by atoms with Crippen LogP contribution in [0.4, 0.5) is 0 Å². The Labute approximate surface area is 110 Å². The molecule has 0 bridgehead atoms. The van der Waals surface area contributed by atoms with Gasteiger partial charge in [0.05, 0.1) is 17.6 Å². The highest BCUT2D eigenvalue weighted by Crippen LogP contribution is 2.18. The largest absolute Gasteiger partial charge is 0.481 e. The van der Waals surface area contributed by atoms with Crippen molar-refractivity contribution < 1.29 is 9.90 Å². The number of aromatic nitrogens is 3. The van der Waals surface area contributed by atoms with Crippen LogP contribution in [0.25, 0.3) is 5.69 Å². The van der Waals surface area contributed by atoms with Gasteiger partial charge in [-0.25, -0.2) is 0 Å². The van der Waals surface area contributed by atoms with Crippen molar-refractivity contribution in [1.82, 2.24) is 15.0 Å². The zero-order chi connectivity index (χ0) is 13.8. The molecule has 6 heteroatoms. The van der Waals surface area contributed by atoms with Gasteiger partial charge in [-0.15, -0.1) is 0 Å². The number of carboxylic acid groups (broad SMARTS) is 1. The lowest BCUT2D eigenvalue weighted by Gasteiger charge is -2.11. The molecule has 19 heavy (non-hydrogen) atoms. The summed E-state index contributed by atoms with van der Waals surface area (Å²) < 4.78 is 0. The van der Waals surface area contributed by atoms with E-state index in [2.05, 4.69) is 10.2 Å². The standard InChI is InChI=1S/C13H16N4O2/c1-9-8-15-17(16-9)11-4-2-3-10(7-11)12(14)5-6-13(18)19/h2-4,7-8,12H,5-6,14H2,1H3,(H,18,19). The summed E-state index contributed by atoms with van der Waals surface area (Å²) in [4.78, 5) is 12.1. The number of aliphatic carboxylic acids is 1. The van der Waals surface area contributed by atoms with Crippen LogP contribution >= 0.6 is 0 Å². The van der Waals surface area contributed by atoms with Crippen molar-refractivity contribution in [3.8, 4) is 5.69 Å². The summed E-state index contributed by atoms with van der Waals surface area (Å²) in [5.74, 6) is -0.837. The number of carbonyl (C=O) groups is 1. The number of aryl methyl sites for hydroxylation is 1. The molecule has 1 aromatic heterocycles. The Morgan fingerprint density at radius 2 is 2.32 bits per heavy atom. The van der Waals surface area contributed by atoms with E-state index in [4.69, 9.17) is 10.8 Å². The lowest BCUT2D eigenvalue weighted by molar-refractivity contribution is -0.137. The SMILES string of the molecule is Cc1cnn(-c2cccc(C(N)CCC(=O)O)c2)n1. The second-order valence-corrected chi connectivity index (χ2v) is 4.41. The van der Waals surface area contributed by atoms with Gasteiger partial charge >= 0.3 is 5.97 Å².